The smallest absolute Gasteiger partial charge is 0.339 e. The van der Waals surface area contributed by atoms with Gasteiger partial charge in [-0.1, -0.05) is 29.8 Å². The van der Waals surface area contributed by atoms with Crippen molar-refractivity contribution in [3.63, 3.8) is 0 Å². The fourth-order valence-corrected chi connectivity index (χ4v) is 4.27. The van der Waals surface area contributed by atoms with Crippen LogP contribution in [0.2, 0.25) is 0 Å². The number of nitrogens with one attached hydrogen (secondary N) is 1. The summed E-state index contributed by atoms with van der Waals surface area (Å²) in [7, 11) is 1.32. The number of esters is 1. The summed E-state index contributed by atoms with van der Waals surface area (Å²) in [5.41, 5.74) is 7.63. The number of methoxy groups -OCH3 is 1. The number of rotatable bonds is 6. The molecule has 0 aliphatic rings. The molecular weight excluding hydrogens is 428 g/mol. The topological polar surface area (TPSA) is 86.1 Å². The van der Waals surface area contributed by atoms with E-state index in [1.807, 2.05) is 30.7 Å². The molecule has 0 bridgehead atoms. The maximum absolute atomic E-state index is 12.7. The van der Waals surface area contributed by atoms with Crippen LogP contribution in [0.15, 0.2) is 48.5 Å². The zero-order valence-corrected chi connectivity index (χ0v) is 20.1. The minimum Gasteiger partial charge on any atom is -0.465 e. The number of carbonyl (C=O) groups is 2. The fraction of sp³-hybridized carbons (Fsp3) is 0.259. The zero-order valence-electron chi connectivity index (χ0n) is 20.1. The molecule has 4 rings (SSSR count). The Kier molecular flexibility index (Phi) is 6.45. The minimum atomic E-state index is -0.488. The summed E-state index contributed by atoms with van der Waals surface area (Å²) in [6.45, 7) is 8.07. The van der Waals surface area contributed by atoms with Crippen molar-refractivity contribution in [2.24, 2.45) is 0 Å². The number of anilines is 1. The molecule has 174 valence electrons. The lowest BCUT2D eigenvalue weighted by atomic mass is 9.99. The summed E-state index contributed by atoms with van der Waals surface area (Å²) in [5, 5.41) is 8.60. The number of amides is 1. The average Bonchev–Trinajstić information content (AvgIpc) is 3.15. The maximum Gasteiger partial charge on any atom is 0.339 e. The van der Waals surface area contributed by atoms with Crippen LogP contribution in [-0.4, -0.2) is 33.8 Å². The van der Waals surface area contributed by atoms with Gasteiger partial charge in [0.05, 0.1) is 29.7 Å². The largest absolute Gasteiger partial charge is 0.465 e. The van der Waals surface area contributed by atoms with Crippen LogP contribution in [0, 0.1) is 27.7 Å². The van der Waals surface area contributed by atoms with Gasteiger partial charge in [0.2, 0.25) is 5.91 Å². The lowest BCUT2D eigenvalue weighted by Crippen LogP contribution is -2.16. The Bertz CT molecular complexity index is 1390. The number of benzene rings is 2. The molecule has 0 aliphatic heterocycles. The van der Waals surface area contributed by atoms with Crippen molar-refractivity contribution in [1.82, 2.24) is 14.8 Å². The van der Waals surface area contributed by atoms with E-state index in [1.54, 1.807) is 24.3 Å². The quantitative estimate of drug-likeness (QED) is 0.412. The third-order valence-electron chi connectivity index (χ3n) is 6.06. The molecule has 0 atom stereocenters. The first kappa shape index (κ1) is 23.2. The second-order valence-corrected chi connectivity index (χ2v) is 8.42. The average molecular weight is 457 g/mol. The first-order valence-electron chi connectivity index (χ1n) is 11.2. The van der Waals surface area contributed by atoms with Gasteiger partial charge in [-0.3, -0.25) is 4.79 Å². The fourth-order valence-electron chi connectivity index (χ4n) is 4.27. The number of nitrogens with zero attached hydrogens (tertiary/aromatic N) is 3. The van der Waals surface area contributed by atoms with Crippen molar-refractivity contribution in [2.45, 2.75) is 40.5 Å². The van der Waals surface area contributed by atoms with E-state index in [1.165, 1.54) is 12.7 Å². The number of para-hydroxylation sites is 1. The highest BCUT2D eigenvalue weighted by Crippen LogP contribution is 2.28. The monoisotopic (exact) mass is 456 g/mol. The highest BCUT2D eigenvalue weighted by molar-refractivity contribution is 6.01. The van der Waals surface area contributed by atoms with Crippen molar-refractivity contribution in [1.29, 1.82) is 0 Å². The molecule has 1 N–H and O–H groups in total. The second kappa shape index (κ2) is 9.47. The van der Waals surface area contributed by atoms with Crippen LogP contribution >= 0.6 is 0 Å². The van der Waals surface area contributed by atoms with Crippen molar-refractivity contribution >= 4 is 28.6 Å². The Labute approximate surface area is 198 Å². The summed E-state index contributed by atoms with van der Waals surface area (Å²) in [6, 6.07) is 15.0. The van der Waals surface area contributed by atoms with Crippen molar-refractivity contribution in [2.75, 3.05) is 12.4 Å². The molecule has 0 saturated heterocycles. The van der Waals surface area contributed by atoms with Crippen LogP contribution in [0.5, 0.6) is 0 Å². The summed E-state index contributed by atoms with van der Waals surface area (Å²) in [5.74, 6) is -0.666. The number of hydrogen-bond acceptors (Lipinski definition) is 5. The number of aryl methyl sites for hydroxylation is 4. The standard InChI is InChI=1S/C27H28N4O3/c1-16-10-12-20(13-11-16)31-26-25(19(4)30-31)17(2)21(18(3)28-26)14-15-24(32)29-23-9-7-6-8-22(23)27(33)34-5/h6-13H,14-15H2,1-5H3,(H,29,32). The maximum atomic E-state index is 12.7. The summed E-state index contributed by atoms with van der Waals surface area (Å²) in [6.07, 6.45) is 0.789. The second-order valence-electron chi connectivity index (χ2n) is 8.42. The highest BCUT2D eigenvalue weighted by Gasteiger charge is 2.19. The van der Waals surface area contributed by atoms with Gasteiger partial charge in [-0.25, -0.2) is 14.5 Å². The molecular formula is C27H28N4O3. The van der Waals surface area contributed by atoms with Crippen LogP contribution < -0.4 is 5.32 Å². The number of fused-ring (bicyclic) bond motifs is 1. The van der Waals surface area contributed by atoms with Gasteiger partial charge in [0.1, 0.15) is 0 Å². The van der Waals surface area contributed by atoms with Gasteiger partial charge in [0.15, 0.2) is 5.65 Å². The van der Waals surface area contributed by atoms with E-state index in [0.29, 0.717) is 17.7 Å². The predicted octanol–water partition coefficient (Wildman–Crippen LogP) is 5.01. The van der Waals surface area contributed by atoms with E-state index in [0.717, 1.165) is 39.2 Å². The van der Waals surface area contributed by atoms with Gasteiger partial charge in [0.25, 0.3) is 0 Å². The zero-order chi connectivity index (χ0) is 24.4. The van der Waals surface area contributed by atoms with Crippen LogP contribution in [0.1, 0.15) is 44.9 Å². The Morgan fingerprint density at radius 3 is 2.38 bits per heavy atom. The Morgan fingerprint density at radius 1 is 0.971 bits per heavy atom. The molecule has 0 unspecified atom stereocenters. The molecule has 0 spiro atoms. The summed E-state index contributed by atoms with van der Waals surface area (Å²) in [4.78, 5) is 29.6. The minimum absolute atomic E-state index is 0.178. The molecule has 7 nitrogen and oxygen atoms in total. The van der Waals surface area contributed by atoms with Gasteiger partial charge >= 0.3 is 5.97 Å². The molecule has 2 heterocycles. The Morgan fingerprint density at radius 2 is 1.68 bits per heavy atom. The van der Waals surface area contributed by atoms with Crippen molar-refractivity contribution in [3.8, 4) is 5.69 Å². The van der Waals surface area contributed by atoms with E-state index in [4.69, 9.17) is 14.8 Å². The normalized spacial score (nSPS) is 11.0. The lowest BCUT2D eigenvalue weighted by Gasteiger charge is -2.13. The van der Waals surface area contributed by atoms with E-state index in [-0.39, 0.29) is 12.3 Å². The third-order valence-corrected chi connectivity index (χ3v) is 6.06. The number of carbonyl (C=O) groups excluding carboxylic acids is 2. The SMILES string of the molecule is COC(=O)c1ccccc1NC(=O)CCc1c(C)nc2c(c(C)nn2-c2ccc(C)cc2)c1C. The third kappa shape index (κ3) is 4.41. The summed E-state index contributed by atoms with van der Waals surface area (Å²) >= 11 is 0. The Balaban J connectivity index is 1.59. The van der Waals surface area contributed by atoms with Crippen LogP contribution in [0.4, 0.5) is 5.69 Å². The molecule has 34 heavy (non-hydrogen) atoms. The van der Waals surface area contributed by atoms with Gasteiger partial charge in [-0.05, 0) is 69.5 Å². The molecule has 2 aromatic carbocycles. The number of ether oxygens (including phenoxy) is 1. The summed E-state index contributed by atoms with van der Waals surface area (Å²) < 4.78 is 6.68. The molecule has 2 aromatic heterocycles. The molecule has 0 saturated carbocycles. The Hall–Kier alpha value is -4.00. The molecule has 0 fully saturated rings. The van der Waals surface area contributed by atoms with Crippen molar-refractivity contribution in [3.05, 3.63) is 82.2 Å². The molecule has 0 radical (unpaired) electrons. The molecule has 4 aromatic rings. The van der Waals surface area contributed by atoms with E-state index >= 15 is 0 Å². The van der Waals surface area contributed by atoms with Crippen molar-refractivity contribution < 1.29 is 14.3 Å². The van der Waals surface area contributed by atoms with E-state index < -0.39 is 5.97 Å². The highest BCUT2D eigenvalue weighted by atomic mass is 16.5. The number of pyridine rings is 1. The van der Waals surface area contributed by atoms with E-state index in [2.05, 4.69) is 31.3 Å². The van der Waals surface area contributed by atoms with Gasteiger partial charge < -0.3 is 10.1 Å². The van der Waals surface area contributed by atoms with Gasteiger partial charge in [-0.2, -0.15) is 5.10 Å². The van der Waals surface area contributed by atoms with Crippen LogP contribution in [0.25, 0.3) is 16.7 Å². The molecule has 1 amide bonds. The van der Waals surface area contributed by atoms with Gasteiger partial charge in [-0.15, -0.1) is 0 Å². The first-order valence-corrected chi connectivity index (χ1v) is 11.2. The molecule has 0 aliphatic carbocycles. The first-order chi connectivity index (χ1) is 16.3. The van der Waals surface area contributed by atoms with Crippen LogP contribution in [0.3, 0.4) is 0 Å². The van der Waals surface area contributed by atoms with Crippen LogP contribution in [-0.2, 0) is 16.0 Å². The van der Waals surface area contributed by atoms with Gasteiger partial charge in [0, 0.05) is 17.5 Å². The predicted molar refractivity (Wildman–Crippen MR) is 133 cm³/mol. The number of hydrogen-bond donors (Lipinski definition) is 1. The molecule has 7 heteroatoms. The van der Waals surface area contributed by atoms with E-state index in [9.17, 15) is 9.59 Å². The number of aromatic nitrogens is 3. The lowest BCUT2D eigenvalue weighted by molar-refractivity contribution is -0.116.